The third-order valence-electron chi connectivity index (χ3n) is 2.72. The van der Waals surface area contributed by atoms with E-state index in [4.69, 9.17) is 16.7 Å². The molecule has 0 saturated heterocycles. The van der Waals surface area contributed by atoms with Crippen LogP contribution in [0.5, 0.6) is 0 Å². The summed E-state index contributed by atoms with van der Waals surface area (Å²) in [6.07, 6.45) is 1.23. The Balaban J connectivity index is 2.81. The molecule has 6 heteroatoms. The SMILES string of the molecule is CC(C)(C)C(CC(=O)O)NC(=O)c1ccc(Cl)nc1. The number of aromatic nitrogens is 1. The zero-order chi connectivity index (χ0) is 14.6. The molecule has 1 amide bonds. The predicted octanol–water partition coefficient (Wildman–Crippen LogP) is 2.35. The van der Waals surface area contributed by atoms with Gasteiger partial charge in [0.05, 0.1) is 12.0 Å². The van der Waals surface area contributed by atoms with Crippen molar-refractivity contribution in [2.24, 2.45) is 5.41 Å². The van der Waals surface area contributed by atoms with Crippen LogP contribution in [-0.2, 0) is 4.79 Å². The third kappa shape index (κ3) is 4.87. The highest BCUT2D eigenvalue weighted by molar-refractivity contribution is 6.29. The number of aliphatic carboxylic acids is 1. The van der Waals surface area contributed by atoms with Gasteiger partial charge in [0.15, 0.2) is 0 Å². The van der Waals surface area contributed by atoms with E-state index in [1.54, 1.807) is 6.07 Å². The first-order chi connectivity index (χ1) is 8.70. The number of amides is 1. The molecule has 2 N–H and O–H groups in total. The molecule has 0 aliphatic carbocycles. The Morgan fingerprint density at radius 2 is 2.05 bits per heavy atom. The van der Waals surface area contributed by atoms with E-state index >= 15 is 0 Å². The fourth-order valence-corrected chi connectivity index (χ4v) is 1.61. The van der Waals surface area contributed by atoms with Gasteiger partial charge in [-0.15, -0.1) is 0 Å². The summed E-state index contributed by atoms with van der Waals surface area (Å²) in [6, 6.07) is 2.60. The number of nitrogens with one attached hydrogen (secondary N) is 1. The van der Waals surface area contributed by atoms with Crippen molar-refractivity contribution < 1.29 is 14.7 Å². The van der Waals surface area contributed by atoms with Gasteiger partial charge in [-0.25, -0.2) is 4.98 Å². The molecule has 0 saturated carbocycles. The smallest absolute Gasteiger partial charge is 0.305 e. The molecule has 1 aromatic rings. The maximum absolute atomic E-state index is 12.0. The van der Waals surface area contributed by atoms with E-state index in [1.165, 1.54) is 12.3 Å². The minimum absolute atomic E-state index is 0.129. The minimum Gasteiger partial charge on any atom is -0.481 e. The van der Waals surface area contributed by atoms with Crippen molar-refractivity contribution in [2.75, 3.05) is 0 Å². The van der Waals surface area contributed by atoms with Crippen molar-refractivity contribution in [3.05, 3.63) is 29.0 Å². The van der Waals surface area contributed by atoms with Gasteiger partial charge in [-0.1, -0.05) is 32.4 Å². The molecule has 19 heavy (non-hydrogen) atoms. The molecule has 1 aromatic heterocycles. The lowest BCUT2D eigenvalue weighted by atomic mass is 9.84. The van der Waals surface area contributed by atoms with Crippen LogP contribution in [0.4, 0.5) is 0 Å². The van der Waals surface area contributed by atoms with Gasteiger partial charge < -0.3 is 10.4 Å². The van der Waals surface area contributed by atoms with Crippen LogP contribution in [0.25, 0.3) is 0 Å². The highest BCUT2D eigenvalue weighted by Gasteiger charge is 2.28. The molecule has 1 heterocycles. The molecular weight excluding hydrogens is 268 g/mol. The van der Waals surface area contributed by atoms with E-state index in [0.717, 1.165) is 0 Å². The molecule has 0 aromatic carbocycles. The van der Waals surface area contributed by atoms with E-state index in [-0.39, 0.29) is 17.7 Å². The molecule has 0 fully saturated rings. The first-order valence-electron chi connectivity index (χ1n) is 5.84. The second-order valence-electron chi connectivity index (χ2n) is 5.36. The zero-order valence-corrected chi connectivity index (χ0v) is 11.9. The van der Waals surface area contributed by atoms with Crippen LogP contribution in [-0.4, -0.2) is 28.0 Å². The topological polar surface area (TPSA) is 79.3 Å². The summed E-state index contributed by atoms with van der Waals surface area (Å²) in [7, 11) is 0. The lowest BCUT2D eigenvalue weighted by Gasteiger charge is -2.30. The third-order valence-corrected chi connectivity index (χ3v) is 2.94. The van der Waals surface area contributed by atoms with E-state index < -0.39 is 12.0 Å². The number of pyridine rings is 1. The van der Waals surface area contributed by atoms with E-state index in [1.807, 2.05) is 20.8 Å². The van der Waals surface area contributed by atoms with Gasteiger partial charge in [-0.3, -0.25) is 9.59 Å². The first-order valence-corrected chi connectivity index (χ1v) is 6.22. The van der Waals surface area contributed by atoms with Crippen LogP contribution >= 0.6 is 11.6 Å². The average molecular weight is 285 g/mol. The molecular formula is C13H17ClN2O3. The number of nitrogens with zero attached hydrogens (tertiary/aromatic N) is 1. The molecule has 104 valence electrons. The highest BCUT2D eigenvalue weighted by Crippen LogP contribution is 2.22. The molecule has 0 aliphatic rings. The number of hydrogen-bond acceptors (Lipinski definition) is 3. The standard InChI is InChI=1S/C13H17ClN2O3/c1-13(2,3)9(6-11(17)18)16-12(19)8-4-5-10(14)15-7-8/h4-5,7,9H,6H2,1-3H3,(H,16,19)(H,17,18). The summed E-state index contributed by atoms with van der Waals surface area (Å²) >= 11 is 5.64. The fraction of sp³-hybridized carbons (Fsp3) is 0.462. The van der Waals surface area contributed by atoms with E-state index in [2.05, 4.69) is 10.3 Å². The van der Waals surface area contributed by atoms with Crippen molar-refractivity contribution in [1.29, 1.82) is 0 Å². The molecule has 0 spiro atoms. The van der Waals surface area contributed by atoms with Gasteiger partial charge in [0.1, 0.15) is 5.15 Å². The summed E-state index contributed by atoms with van der Waals surface area (Å²) in [5.74, 6) is -1.31. The van der Waals surface area contributed by atoms with Gasteiger partial charge in [-0.05, 0) is 17.5 Å². The van der Waals surface area contributed by atoms with Crippen LogP contribution < -0.4 is 5.32 Å². The monoisotopic (exact) mass is 284 g/mol. The normalized spacial score (nSPS) is 12.8. The van der Waals surface area contributed by atoms with Crippen molar-refractivity contribution in [1.82, 2.24) is 10.3 Å². The first kappa shape index (κ1) is 15.4. The maximum atomic E-state index is 12.0. The van der Waals surface area contributed by atoms with Crippen molar-refractivity contribution in [3.63, 3.8) is 0 Å². The second-order valence-corrected chi connectivity index (χ2v) is 5.75. The lowest BCUT2D eigenvalue weighted by Crippen LogP contribution is -2.45. The largest absolute Gasteiger partial charge is 0.481 e. The minimum atomic E-state index is -0.950. The summed E-state index contributed by atoms with van der Waals surface area (Å²) in [6.45, 7) is 5.63. The van der Waals surface area contributed by atoms with Crippen LogP contribution in [0.3, 0.4) is 0 Å². The fourth-order valence-electron chi connectivity index (χ4n) is 1.50. The van der Waals surface area contributed by atoms with Gasteiger partial charge >= 0.3 is 5.97 Å². The number of rotatable bonds is 4. The quantitative estimate of drug-likeness (QED) is 0.832. The van der Waals surface area contributed by atoms with Crippen LogP contribution in [0.2, 0.25) is 5.15 Å². The van der Waals surface area contributed by atoms with E-state index in [9.17, 15) is 9.59 Å². The van der Waals surface area contributed by atoms with Crippen molar-refractivity contribution >= 4 is 23.5 Å². The number of halogens is 1. The Morgan fingerprint density at radius 1 is 1.42 bits per heavy atom. The number of carboxylic acid groups (broad SMARTS) is 1. The maximum Gasteiger partial charge on any atom is 0.305 e. The Morgan fingerprint density at radius 3 is 2.47 bits per heavy atom. The Labute approximate surface area is 117 Å². The number of carboxylic acids is 1. The van der Waals surface area contributed by atoms with Gasteiger partial charge in [0, 0.05) is 12.2 Å². The van der Waals surface area contributed by atoms with Crippen molar-refractivity contribution in [3.8, 4) is 0 Å². The average Bonchev–Trinajstić information content (AvgIpc) is 2.27. The number of carbonyl (C=O) groups is 2. The molecule has 0 radical (unpaired) electrons. The molecule has 1 unspecified atom stereocenters. The number of carbonyl (C=O) groups excluding carboxylic acids is 1. The zero-order valence-electron chi connectivity index (χ0n) is 11.1. The Bertz CT molecular complexity index is 466. The molecule has 5 nitrogen and oxygen atoms in total. The summed E-state index contributed by atoms with van der Waals surface area (Å²) in [4.78, 5) is 26.7. The summed E-state index contributed by atoms with van der Waals surface area (Å²) in [5.41, 5.74) is -0.00231. The molecule has 1 atom stereocenters. The molecule has 0 aliphatic heterocycles. The van der Waals surface area contributed by atoms with Gasteiger partial charge in [-0.2, -0.15) is 0 Å². The number of hydrogen-bond donors (Lipinski definition) is 2. The Kier molecular flexibility index (Phi) is 4.89. The molecule has 1 rings (SSSR count). The molecule has 0 bridgehead atoms. The van der Waals surface area contributed by atoms with Crippen LogP contribution in [0.15, 0.2) is 18.3 Å². The van der Waals surface area contributed by atoms with Gasteiger partial charge in [0.2, 0.25) is 0 Å². The predicted molar refractivity (Wildman–Crippen MR) is 72.2 cm³/mol. The lowest BCUT2D eigenvalue weighted by molar-refractivity contribution is -0.138. The van der Waals surface area contributed by atoms with E-state index in [0.29, 0.717) is 10.7 Å². The summed E-state index contributed by atoms with van der Waals surface area (Å²) in [5, 5.41) is 11.9. The van der Waals surface area contributed by atoms with Crippen molar-refractivity contribution in [2.45, 2.75) is 33.2 Å². The Hall–Kier alpha value is -1.62. The second kappa shape index (κ2) is 6.02. The van der Waals surface area contributed by atoms with Crippen LogP contribution in [0, 0.1) is 5.41 Å². The van der Waals surface area contributed by atoms with Crippen LogP contribution in [0.1, 0.15) is 37.6 Å². The van der Waals surface area contributed by atoms with Gasteiger partial charge in [0.25, 0.3) is 5.91 Å². The summed E-state index contributed by atoms with van der Waals surface area (Å²) < 4.78 is 0. The highest BCUT2D eigenvalue weighted by atomic mass is 35.5.